The number of hydrogen-bond acceptors (Lipinski definition) is 4. The van der Waals surface area contributed by atoms with Crippen LogP contribution < -0.4 is 5.32 Å². The number of aliphatic hydroxyl groups excluding tert-OH is 1. The number of rotatable bonds is 6. The number of ether oxygens (including phenoxy) is 1. The number of aliphatic hydroxyl groups is 1. The highest BCUT2D eigenvalue weighted by Gasteiger charge is 2.43. The number of para-hydroxylation sites is 1. The van der Waals surface area contributed by atoms with Crippen molar-refractivity contribution >= 4 is 16.9 Å². The molecular formula is C16H20N2O4. The Morgan fingerprint density at radius 2 is 2.14 bits per heavy atom. The van der Waals surface area contributed by atoms with Gasteiger partial charge in [0.15, 0.2) is 0 Å². The van der Waals surface area contributed by atoms with Crippen LogP contribution in [0.5, 0.6) is 0 Å². The van der Waals surface area contributed by atoms with Crippen molar-refractivity contribution in [3.63, 3.8) is 0 Å². The van der Waals surface area contributed by atoms with Gasteiger partial charge in [-0.25, -0.2) is 0 Å². The molecule has 0 radical (unpaired) electrons. The summed E-state index contributed by atoms with van der Waals surface area (Å²) in [5, 5.41) is 23.9. The molecule has 2 heterocycles. The van der Waals surface area contributed by atoms with E-state index in [2.05, 4.69) is 10.3 Å². The van der Waals surface area contributed by atoms with Gasteiger partial charge in [-0.05, 0) is 19.9 Å². The number of carboxylic acids is 1. The Morgan fingerprint density at radius 1 is 1.45 bits per heavy atom. The summed E-state index contributed by atoms with van der Waals surface area (Å²) >= 11 is 0. The Balaban J connectivity index is 1.89. The van der Waals surface area contributed by atoms with Crippen molar-refractivity contribution in [2.75, 3.05) is 6.61 Å². The van der Waals surface area contributed by atoms with Crippen molar-refractivity contribution in [1.82, 2.24) is 10.3 Å². The van der Waals surface area contributed by atoms with E-state index in [1.807, 2.05) is 38.1 Å². The topological polar surface area (TPSA) is 97.9 Å². The molecule has 1 aromatic carbocycles. The van der Waals surface area contributed by atoms with Gasteiger partial charge in [0, 0.05) is 28.2 Å². The van der Waals surface area contributed by atoms with Crippen molar-refractivity contribution in [3.05, 3.63) is 36.0 Å². The Bertz CT molecular complexity index is 690. The van der Waals surface area contributed by atoms with Gasteiger partial charge >= 0.3 is 5.97 Å². The van der Waals surface area contributed by atoms with Crippen molar-refractivity contribution < 1.29 is 19.7 Å². The molecule has 0 bridgehead atoms. The molecular weight excluding hydrogens is 284 g/mol. The third kappa shape index (κ3) is 2.72. The van der Waals surface area contributed by atoms with Gasteiger partial charge in [-0.15, -0.1) is 0 Å². The van der Waals surface area contributed by atoms with E-state index in [0.29, 0.717) is 12.2 Å². The molecule has 4 N–H and O–H groups in total. The number of H-pyrrole nitrogens is 1. The first-order chi connectivity index (χ1) is 10.4. The number of aromatic nitrogens is 1. The number of benzene rings is 1. The average Bonchev–Trinajstić information content (AvgIpc) is 3.25. The van der Waals surface area contributed by atoms with Gasteiger partial charge in [0.2, 0.25) is 0 Å². The normalized spacial score (nSPS) is 20.8. The lowest BCUT2D eigenvalue weighted by Crippen LogP contribution is -2.55. The van der Waals surface area contributed by atoms with E-state index >= 15 is 0 Å². The first-order valence-corrected chi connectivity index (χ1v) is 7.26. The molecule has 118 valence electrons. The van der Waals surface area contributed by atoms with Crippen LogP contribution in [-0.2, 0) is 9.53 Å². The highest BCUT2D eigenvalue weighted by atomic mass is 16.6. The summed E-state index contributed by atoms with van der Waals surface area (Å²) < 4.78 is 5.25. The third-order valence-electron chi connectivity index (χ3n) is 4.19. The fourth-order valence-electron chi connectivity index (χ4n) is 2.75. The standard InChI is InChI=1S/C16H20N2O4/c1-16(2,12-8-22-12)18-13(15(20)21)14(19)10-7-17-11-6-4-3-5-9(10)11/h3-7,12-14,17-19H,8H2,1-2H3,(H,20,21)/t12?,13-,14?/m0/s1. The van der Waals surface area contributed by atoms with E-state index in [9.17, 15) is 15.0 Å². The first kappa shape index (κ1) is 15.0. The molecule has 1 aromatic heterocycles. The summed E-state index contributed by atoms with van der Waals surface area (Å²) in [5.74, 6) is -1.09. The molecule has 1 fully saturated rings. The largest absolute Gasteiger partial charge is 0.480 e. The maximum Gasteiger partial charge on any atom is 0.323 e. The van der Waals surface area contributed by atoms with Crippen LogP contribution in [-0.4, -0.2) is 45.5 Å². The van der Waals surface area contributed by atoms with Gasteiger partial charge in [0.05, 0.1) is 12.7 Å². The van der Waals surface area contributed by atoms with Crippen LogP contribution in [0.25, 0.3) is 10.9 Å². The average molecular weight is 304 g/mol. The first-order valence-electron chi connectivity index (χ1n) is 7.26. The third-order valence-corrected chi connectivity index (χ3v) is 4.19. The molecule has 2 unspecified atom stereocenters. The second-order valence-electron chi connectivity index (χ2n) is 6.24. The van der Waals surface area contributed by atoms with E-state index in [-0.39, 0.29) is 6.10 Å². The Labute approximate surface area is 128 Å². The van der Waals surface area contributed by atoms with Gasteiger partial charge in [-0.3, -0.25) is 10.1 Å². The lowest BCUT2D eigenvalue weighted by Gasteiger charge is -2.31. The zero-order valence-corrected chi connectivity index (χ0v) is 12.5. The van der Waals surface area contributed by atoms with Crippen LogP contribution in [0.15, 0.2) is 30.5 Å². The van der Waals surface area contributed by atoms with Gasteiger partial charge in [-0.1, -0.05) is 18.2 Å². The number of epoxide rings is 1. The Kier molecular flexibility index (Phi) is 3.68. The lowest BCUT2D eigenvalue weighted by molar-refractivity contribution is -0.143. The molecule has 0 amide bonds. The predicted octanol–water partition coefficient (Wildman–Crippen LogP) is 1.42. The fourth-order valence-corrected chi connectivity index (χ4v) is 2.75. The molecule has 1 aliphatic rings. The fraction of sp³-hybridized carbons (Fsp3) is 0.438. The number of aromatic amines is 1. The molecule has 3 atom stereocenters. The van der Waals surface area contributed by atoms with Gasteiger partial charge in [0.1, 0.15) is 12.1 Å². The summed E-state index contributed by atoms with van der Waals surface area (Å²) in [6.07, 6.45) is 0.476. The summed E-state index contributed by atoms with van der Waals surface area (Å²) in [6, 6.07) is 6.38. The van der Waals surface area contributed by atoms with E-state index < -0.39 is 23.7 Å². The maximum absolute atomic E-state index is 11.6. The van der Waals surface area contributed by atoms with Gasteiger partial charge < -0.3 is 19.9 Å². The summed E-state index contributed by atoms with van der Waals surface area (Å²) in [5.41, 5.74) is 0.921. The van der Waals surface area contributed by atoms with E-state index in [0.717, 1.165) is 10.9 Å². The van der Waals surface area contributed by atoms with E-state index in [1.54, 1.807) is 6.20 Å². The second-order valence-corrected chi connectivity index (χ2v) is 6.24. The predicted molar refractivity (Wildman–Crippen MR) is 81.6 cm³/mol. The molecule has 6 nitrogen and oxygen atoms in total. The van der Waals surface area contributed by atoms with E-state index in [1.165, 1.54) is 0 Å². The highest BCUT2D eigenvalue weighted by Crippen LogP contribution is 2.30. The zero-order chi connectivity index (χ0) is 15.9. The number of aliphatic carboxylic acids is 1. The van der Waals surface area contributed by atoms with E-state index in [4.69, 9.17) is 4.74 Å². The quantitative estimate of drug-likeness (QED) is 0.605. The molecule has 0 aliphatic carbocycles. The molecule has 0 saturated carbocycles. The molecule has 22 heavy (non-hydrogen) atoms. The zero-order valence-electron chi connectivity index (χ0n) is 12.5. The van der Waals surface area contributed by atoms with Crippen LogP contribution in [0.4, 0.5) is 0 Å². The Morgan fingerprint density at radius 3 is 2.77 bits per heavy atom. The molecule has 6 heteroatoms. The second kappa shape index (κ2) is 5.39. The Hall–Kier alpha value is -1.89. The SMILES string of the molecule is CC(C)(N[C@H](C(=O)O)C(O)c1c[nH]c2ccccc12)C1CO1. The van der Waals surface area contributed by atoms with Crippen molar-refractivity contribution in [1.29, 1.82) is 0 Å². The van der Waals surface area contributed by atoms with Crippen molar-refractivity contribution in [2.45, 2.75) is 37.6 Å². The molecule has 0 spiro atoms. The number of carbonyl (C=O) groups is 1. The summed E-state index contributed by atoms with van der Waals surface area (Å²) in [7, 11) is 0. The number of fused-ring (bicyclic) bond motifs is 1. The minimum Gasteiger partial charge on any atom is -0.480 e. The maximum atomic E-state index is 11.6. The van der Waals surface area contributed by atoms with Gasteiger partial charge in [0.25, 0.3) is 0 Å². The minimum atomic E-state index is -1.16. The number of hydrogen-bond donors (Lipinski definition) is 4. The van der Waals surface area contributed by atoms with Crippen LogP contribution in [0.1, 0.15) is 25.5 Å². The number of nitrogens with one attached hydrogen (secondary N) is 2. The monoisotopic (exact) mass is 304 g/mol. The molecule has 2 aromatic rings. The van der Waals surface area contributed by atoms with Crippen LogP contribution in [0, 0.1) is 0 Å². The van der Waals surface area contributed by atoms with Crippen molar-refractivity contribution in [3.8, 4) is 0 Å². The smallest absolute Gasteiger partial charge is 0.323 e. The van der Waals surface area contributed by atoms with Crippen LogP contribution in [0.3, 0.4) is 0 Å². The van der Waals surface area contributed by atoms with Crippen LogP contribution in [0.2, 0.25) is 0 Å². The molecule has 1 saturated heterocycles. The molecule has 1 aliphatic heterocycles. The van der Waals surface area contributed by atoms with Crippen molar-refractivity contribution in [2.24, 2.45) is 0 Å². The summed E-state index contributed by atoms with van der Waals surface area (Å²) in [6.45, 7) is 4.36. The van der Waals surface area contributed by atoms with Crippen LogP contribution >= 0.6 is 0 Å². The minimum absolute atomic E-state index is 0.0236. The van der Waals surface area contributed by atoms with Gasteiger partial charge in [-0.2, -0.15) is 0 Å². The highest BCUT2D eigenvalue weighted by molar-refractivity contribution is 5.85. The molecule has 3 rings (SSSR count). The summed E-state index contributed by atoms with van der Waals surface area (Å²) in [4.78, 5) is 14.7. The lowest BCUT2D eigenvalue weighted by atomic mass is 9.95. The number of carboxylic acid groups (broad SMARTS) is 1.